The molecule has 8 nitrogen and oxygen atoms in total. The van der Waals surface area contributed by atoms with Crippen LogP contribution >= 0.6 is 0 Å². The van der Waals surface area contributed by atoms with Gasteiger partial charge in [0.15, 0.2) is 0 Å². The molecule has 190 valence electrons. The lowest BCUT2D eigenvalue weighted by Gasteiger charge is -2.37. The van der Waals surface area contributed by atoms with Gasteiger partial charge in [-0.3, -0.25) is 4.79 Å². The Balaban J connectivity index is 1.56. The second-order valence-corrected chi connectivity index (χ2v) is 9.19. The topological polar surface area (TPSA) is 95.1 Å². The lowest BCUT2D eigenvalue weighted by atomic mass is 9.81. The summed E-state index contributed by atoms with van der Waals surface area (Å²) in [6.07, 6.45) is 2.53. The van der Waals surface area contributed by atoms with Gasteiger partial charge < -0.3 is 20.9 Å². The highest BCUT2D eigenvalue weighted by atomic mass is 19.4. The highest BCUT2D eigenvalue weighted by Gasteiger charge is 2.41. The summed E-state index contributed by atoms with van der Waals surface area (Å²) in [6, 6.07) is 5.30. The minimum Gasteiger partial charge on any atom is -0.357 e. The summed E-state index contributed by atoms with van der Waals surface area (Å²) in [5.41, 5.74) is -1.71. The fourth-order valence-corrected chi connectivity index (χ4v) is 4.84. The number of alkyl halides is 3. The molecule has 2 aromatic rings. The van der Waals surface area contributed by atoms with Crippen LogP contribution in [0.3, 0.4) is 0 Å². The predicted octanol–water partition coefficient (Wildman–Crippen LogP) is 4.35. The number of halogens is 3. The molecular weight excluding hydrogens is 459 g/mol. The Morgan fingerprint density at radius 1 is 0.971 bits per heavy atom. The van der Waals surface area contributed by atoms with Crippen molar-refractivity contribution in [2.45, 2.75) is 69.6 Å². The maximum atomic E-state index is 13.4. The van der Waals surface area contributed by atoms with Crippen LogP contribution in [0.25, 0.3) is 0 Å². The Morgan fingerprint density at radius 2 is 1.63 bits per heavy atom. The van der Waals surface area contributed by atoms with Crippen LogP contribution in [0.2, 0.25) is 0 Å². The van der Waals surface area contributed by atoms with Gasteiger partial charge in [-0.15, -0.1) is 0 Å². The van der Waals surface area contributed by atoms with Crippen molar-refractivity contribution in [3.63, 3.8) is 0 Å². The number of piperidine rings is 1. The van der Waals surface area contributed by atoms with Crippen molar-refractivity contribution >= 4 is 23.8 Å². The number of nitrogens with one attached hydrogen (secondary N) is 3. The van der Waals surface area contributed by atoms with E-state index in [-0.39, 0.29) is 24.0 Å². The number of carbonyl (C=O) groups excluding carboxylic acids is 1. The van der Waals surface area contributed by atoms with Crippen LogP contribution < -0.4 is 20.9 Å². The summed E-state index contributed by atoms with van der Waals surface area (Å²) in [5.74, 6) is 0.892. The molecule has 1 saturated heterocycles. The minimum absolute atomic E-state index is 0.0318. The Bertz CT molecular complexity index is 1020. The quantitative estimate of drug-likeness (QED) is 0.530. The first-order valence-corrected chi connectivity index (χ1v) is 12.2. The van der Waals surface area contributed by atoms with Crippen molar-refractivity contribution in [3.05, 3.63) is 35.4 Å². The van der Waals surface area contributed by atoms with Crippen LogP contribution in [0.5, 0.6) is 0 Å². The maximum Gasteiger partial charge on any atom is 0.416 e. The van der Waals surface area contributed by atoms with Gasteiger partial charge in [0, 0.05) is 26.7 Å². The van der Waals surface area contributed by atoms with Crippen molar-refractivity contribution in [2.75, 3.05) is 35.7 Å². The molecule has 4 rings (SSSR count). The number of rotatable bonds is 7. The zero-order valence-corrected chi connectivity index (χ0v) is 19.9. The van der Waals surface area contributed by atoms with Crippen molar-refractivity contribution < 1.29 is 18.0 Å². The lowest BCUT2D eigenvalue weighted by molar-refractivity contribution is -0.138. The van der Waals surface area contributed by atoms with Crippen LogP contribution in [0.15, 0.2) is 24.3 Å². The summed E-state index contributed by atoms with van der Waals surface area (Å²) < 4.78 is 40.2. The number of benzene rings is 1. The van der Waals surface area contributed by atoms with Crippen LogP contribution in [0.4, 0.5) is 31.0 Å². The van der Waals surface area contributed by atoms with Gasteiger partial charge >= 0.3 is 6.18 Å². The number of nitrogens with zero attached hydrogens (tertiary/aromatic N) is 4. The van der Waals surface area contributed by atoms with Gasteiger partial charge in [0.05, 0.1) is 5.56 Å². The molecule has 0 atom stereocenters. The van der Waals surface area contributed by atoms with Gasteiger partial charge in [-0.05, 0) is 43.7 Å². The Kier molecular flexibility index (Phi) is 7.61. The molecule has 1 aromatic heterocycles. The number of aromatic nitrogens is 3. The van der Waals surface area contributed by atoms with E-state index in [9.17, 15) is 18.0 Å². The monoisotopic (exact) mass is 491 g/mol. The van der Waals surface area contributed by atoms with Crippen LogP contribution in [-0.4, -0.2) is 46.5 Å². The highest BCUT2D eigenvalue weighted by molar-refractivity contribution is 5.89. The van der Waals surface area contributed by atoms with Crippen LogP contribution in [0.1, 0.15) is 62.5 Å². The van der Waals surface area contributed by atoms with E-state index in [1.54, 1.807) is 7.05 Å². The molecule has 1 aromatic carbocycles. The van der Waals surface area contributed by atoms with E-state index in [0.717, 1.165) is 51.3 Å². The number of amides is 1. The van der Waals surface area contributed by atoms with Gasteiger partial charge in [-0.2, -0.15) is 28.1 Å². The summed E-state index contributed by atoms with van der Waals surface area (Å²) >= 11 is 0. The van der Waals surface area contributed by atoms with E-state index < -0.39 is 17.3 Å². The third-order valence-corrected chi connectivity index (χ3v) is 6.74. The van der Waals surface area contributed by atoms with Gasteiger partial charge in [-0.25, -0.2) is 0 Å². The third kappa shape index (κ3) is 5.94. The maximum absolute atomic E-state index is 13.4. The number of hydrogen-bond acceptors (Lipinski definition) is 7. The first kappa shape index (κ1) is 25.0. The smallest absolute Gasteiger partial charge is 0.357 e. The molecular formula is C24H32F3N7O. The van der Waals surface area contributed by atoms with Crippen LogP contribution in [0, 0.1) is 0 Å². The van der Waals surface area contributed by atoms with E-state index >= 15 is 0 Å². The largest absolute Gasteiger partial charge is 0.416 e. The molecule has 1 aliphatic heterocycles. The number of anilines is 3. The van der Waals surface area contributed by atoms with Gasteiger partial charge in [0.2, 0.25) is 23.8 Å². The van der Waals surface area contributed by atoms with Crippen molar-refractivity contribution in [1.82, 2.24) is 20.3 Å². The molecule has 2 heterocycles. The summed E-state index contributed by atoms with van der Waals surface area (Å²) in [6.45, 7) is 1.50. The Hall–Kier alpha value is -3.11. The second kappa shape index (κ2) is 10.7. The zero-order chi connectivity index (χ0) is 24.9. The van der Waals surface area contributed by atoms with E-state index in [1.807, 2.05) is 0 Å². The van der Waals surface area contributed by atoms with E-state index in [1.165, 1.54) is 24.6 Å². The standard InChI is InChI=1S/C24H32F3N7O/c1-28-20-30-21(32-22(31-20)34-14-8-3-9-15-34)33-23(12-6-2-7-13-23)19(35)29-16-17-10-4-5-11-18(17)24(25,26)27/h4-5,10-11H,2-3,6-9,12-16H2,1H3,(H,29,35)(H2,28,30,31,32,33). The zero-order valence-electron chi connectivity index (χ0n) is 19.9. The third-order valence-electron chi connectivity index (χ3n) is 6.74. The minimum atomic E-state index is -4.48. The average molecular weight is 492 g/mol. The molecule has 2 fully saturated rings. The van der Waals surface area contributed by atoms with E-state index in [2.05, 4.69) is 35.8 Å². The van der Waals surface area contributed by atoms with E-state index in [0.29, 0.717) is 24.7 Å². The summed E-state index contributed by atoms with van der Waals surface area (Å²) in [7, 11) is 1.72. The summed E-state index contributed by atoms with van der Waals surface area (Å²) in [5, 5.41) is 8.97. The normalized spacial score (nSPS) is 18.1. The molecule has 0 radical (unpaired) electrons. The number of hydrogen-bond donors (Lipinski definition) is 3. The SMILES string of the molecule is CNc1nc(NC2(C(=O)NCc3ccccc3C(F)(F)F)CCCCC2)nc(N2CCCCC2)n1. The first-order valence-electron chi connectivity index (χ1n) is 12.2. The predicted molar refractivity (Wildman–Crippen MR) is 128 cm³/mol. The van der Waals surface area contributed by atoms with Gasteiger partial charge in [0.25, 0.3) is 0 Å². The van der Waals surface area contributed by atoms with Crippen LogP contribution in [-0.2, 0) is 17.5 Å². The second-order valence-electron chi connectivity index (χ2n) is 9.19. The van der Waals surface area contributed by atoms with E-state index in [4.69, 9.17) is 0 Å². The summed E-state index contributed by atoms with van der Waals surface area (Å²) in [4.78, 5) is 29.1. The highest BCUT2D eigenvalue weighted by Crippen LogP contribution is 2.34. The Labute approximate surface area is 203 Å². The number of carbonyl (C=O) groups is 1. The Morgan fingerprint density at radius 3 is 2.31 bits per heavy atom. The average Bonchev–Trinajstić information content (AvgIpc) is 2.87. The first-order chi connectivity index (χ1) is 16.8. The molecule has 0 spiro atoms. The molecule has 1 amide bonds. The molecule has 0 unspecified atom stereocenters. The molecule has 1 aliphatic carbocycles. The van der Waals surface area contributed by atoms with Gasteiger partial charge in [0.1, 0.15) is 5.54 Å². The molecule has 0 bridgehead atoms. The van der Waals surface area contributed by atoms with Crippen molar-refractivity contribution in [3.8, 4) is 0 Å². The molecule has 1 saturated carbocycles. The molecule has 3 N–H and O–H groups in total. The van der Waals surface area contributed by atoms with Crippen molar-refractivity contribution in [1.29, 1.82) is 0 Å². The van der Waals surface area contributed by atoms with Gasteiger partial charge in [-0.1, -0.05) is 37.5 Å². The van der Waals surface area contributed by atoms with Crippen molar-refractivity contribution in [2.24, 2.45) is 0 Å². The molecule has 2 aliphatic rings. The fraction of sp³-hybridized carbons (Fsp3) is 0.583. The molecule has 11 heteroatoms. The fourth-order valence-electron chi connectivity index (χ4n) is 4.84. The lowest BCUT2D eigenvalue weighted by Crippen LogP contribution is -2.54. The molecule has 35 heavy (non-hydrogen) atoms.